The first-order valence-corrected chi connectivity index (χ1v) is 38.0. The van der Waals surface area contributed by atoms with Crippen LogP contribution < -0.4 is 21.3 Å². The number of aliphatic hydroxyl groups excluding tert-OH is 6. The van der Waals surface area contributed by atoms with Crippen molar-refractivity contribution in [3.8, 4) is 0 Å². The largest absolute Gasteiger partial charge is 0.697 e. The summed E-state index contributed by atoms with van der Waals surface area (Å²) < 4.78 is 119. The molecule has 100 heavy (non-hydrogen) atoms. The minimum atomic E-state index is -4.16. The van der Waals surface area contributed by atoms with Gasteiger partial charge in [-0.3, -0.25) is 38.2 Å². The number of ether oxygens (including phenoxy) is 8. The average molecular weight is 1520 g/mol. The number of methoxy groups -OCH3 is 2. The lowest BCUT2D eigenvalue weighted by molar-refractivity contribution is -0.141. The molecule has 4 fully saturated rings. The summed E-state index contributed by atoms with van der Waals surface area (Å²) in [5.41, 5.74) is 2.97. The molecular formula is C58H88N9O28P2S3+. The van der Waals surface area contributed by atoms with Crippen LogP contribution in [0.1, 0.15) is 85.6 Å². The fourth-order valence-corrected chi connectivity index (χ4v) is 16.1. The molecule has 8 aliphatic rings. The van der Waals surface area contributed by atoms with E-state index in [4.69, 9.17) is 56.0 Å². The van der Waals surface area contributed by atoms with Gasteiger partial charge in [0.2, 0.25) is 0 Å². The van der Waals surface area contributed by atoms with Gasteiger partial charge in [0.25, 0.3) is 10.0 Å². The van der Waals surface area contributed by atoms with E-state index in [0.29, 0.717) is 40.1 Å². The lowest BCUT2D eigenvalue weighted by Gasteiger charge is -2.32. The molecule has 10 N–H and O–H groups in total. The van der Waals surface area contributed by atoms with Crippen LogP contribution in [-0.4, -0.2) is 257 Å². The Balaban J connectivity index is 0.000000226. The van der Waals surface area contributed by atoms with E-state index in [2.05, 4.69) is 21.3 Å². The molecule has 0 spiro atoms. The van der Waals surface area contributed by atoms with Crippen LogP contribution in [0.25, 0.3) is 0 Å². The van der Waals surface area contributed by atoms with Crippen molar-refractivity contribution in [2.45, 2.75) is 191 Å². The fraction of sp³-hybridized carbons (Fsp3) is 0.655. The maximum atomic E-state index is 14.1. The molecular weight excluding hydrogens is 1430 g/mol. The van der Waals surface area contributed by atoms with Crippen molar-refractivity contribution < 1.29 is 133 Å². The smallest absolute Gasteiger partial charge is 0.454 e. The number of carbonyl (C=O) groups is 6. The van der Waals surface area contributed by atoms with Gasteiger partial charge in [0, 0.05) is 101 Å². The van der Waals surface area contributed by atoms with Crippen LogP contribution in [0.4, 0.5) is 19.2 Å². The number of amides is 8. The summed E-state index contributed by atoms with van der Waals surface area (Å²) >= 11 is 1.54. The van der Waals surface area contributed by atoms with Gasteiger partial charge in [-0.2, -0.15) is 0 Å². The van der Waals surface area contributed by atoms with Crippen LogP contribution in [0.15, 0.2) is 76.3 Å². The Morgan fingerprint density at radius 1 is 0.600 bits per heavy atom. The third-order valence-corrected chi connectivity index (χ3v) is 23.6. The highest BCUT2D eigenvalue weighted by Gasteiger charge is 2.50. The molecule has 8 amide bonds. The average Bonchev–Trinajstić information content (AvgIpc) is 1.61. The number of nitrogens with one attached hydrogen (secondary N) is 4. The number of aryl methyl sites for hydroxylation is 1. The fourth-order valence-electron chi connectivity index (χ4n) is 10.5. The number of sulfonamides is 1. The molecule has 0 radical (unpaired) electrons. The number of rotatable bonds is 28. The zero-order chi connectivity index (χ0) is 73.5. The number of nitrogens with zero attached hydrogens (tertiary/aromatic N) is 5. The van der Waals surface area contributed by atoms with Crippen LogP contribution in [-0.2, 0) is 84.7 Å². The third kappa shape index (κ3) is 21.6. The van der Waals surface area contributed by atoms with Gasteiger partial charge in [0.05, 0.1) is 36.9 Å². The zero-order valence-corrected chi connectivity index (χ0v) is 60.6. The van der Waals surface area contributed by atoms with Gasteiger partial charge in [-0.05, 0) is 81.0 Å². The molecule has 4 saturated heterocycles. The van der Waals surface area contributed by atoms with Crippen molar-refractivity contribution in [2.75, 3.05) is 59.6 Å². The number of esters is 2. The minimum absolute atomic E-state index is 0.00845. The zero-order valence-electron chi connectivity index (χ0n) is 56.4. The first-order chi connectivity index (χ1) is 47.3. The molecule has 42 heteroatoms. The van der Waals surface area contributed by atoms with Gasteiger partial charge >= 0.3 is 51.1 Å². The monoisotopic (exact) mass is 1520 g/mol. The lowest BCUT2D eigenvalue weighted by Crippen LogP contribution is -2.51. The predicted molar refractivity (Wildman–Crippen MR) is 350 cm³/mol. The molecule has 9 rings (SSSR count). The van der Waals surface area contributed by atoms with E-state index in [0.717, 1.165) is 21.2 Å². The Morgan fingerprint density at radius 3 is 1.37 bits per heavy atom. The maximum absolute atomic E-state index is 14.1. The molecule has 0 bridgehead atoms. The van der Waals surface area contributed by atoms with E-state index < -0.39 is 167 Å². The summed E-state index contributed by atoms with van der Waals surface area (Å²) in [7, 11) is -1.86. The number of aliphatic hydroxyl groups is 6. The van der Waals surface area contributed by atoms with E-state index in [1.54, 1.807) is 65.8 Å². The Kier molecular flexibility index (Phi) is 30.5. The minimum Gasteiger partial charge on any atom is -0.454 e. The molecule has 1 aromatic carbocycles. The summed E-state index contributed by atoms with van der Waals surface area (Å²) in [6, 6.07) is 4.28. The highest BCUT2D eigenvalue weighted by Crippen LogP contribution is 2.63. The van der Waals surface area contributed by atoms with Gasteiger partial charge < -0.3 is 89.8 Å². The summed E-state index contributed by atoms with van der Waals surface area (Å²) in [6.07, 6.45) is -6.96. The molecule has 8 heterocycles. The van der Waals surface area contributed by atoms with Gasteiger partial charge in [-0.15, -0.1) is 12.8 Å². The SMILES string of the molecule is CCC(=O)OCSN(C)S(=O)(=O)c1ccc(C)cc1.CCC(=O)OCSP(=O)(OC[C@H]1O[C@@H](N2C=C(C)C(O)NC2=O)C[C@H]1OC)O[C@@H]1C[C@H](N2C=C(C)C(O)NC2=O)O[C@@H]1CO.CO[C@@H]1C[C@H](N2C=C(C)C(O)NC2=O)O[C@@H]1CO[P+](=O)O[C@@H]1C[C@H](N2C=C(C)C(O)NC2=O)O[C@@H]1CO. The van der Waals surface area contributed by atoms with Crippen molar-refractivity contribution in [2.24, 2.45) is 0 Å². The van der Waals surface area contributed by atoms with Crippen molar-refractivity contribution in [1.29, 1.82) is 0 Å². The number of benzene rings is 1. The second-order valence-electron chi connectivity index (χ2n) is 23.4. The molecule has 18 atom stereocenters. The number of hydrogen-bond acceptors (Lipinski definition) is 30. The predicted octanol–water partition coefficient (Wildman–Crippen LogP) is 2.82. The second kappa shape index (κ2) is 37.3. The van der Waals surface area contributed by atoms with Crippen molar-refractivity contribution in [3.63, 3.8) is 0 Å². The highest BCUT2D eigenvalue weighted by atomic mass is 32.7. The van der Waals surface area contributed by atoms with Crippen molar-refractivity contribution in [1.82, 2.24) is 44.6 Å². The molecule has 1 aromatic rings. The standard InChI is InChI=1S/C25H39N4O13PS.C21H31N4O11P.C12H17NO4S2/c1-5-21(31)38-12-44-43(36,42-16-7-20(40-17(16)10-30)29-9-14(3)23(33)27-25(29)35)39-11-18-15(37-4)6-19(41-18)28-8-13(2)22(32)26-24(28)34;1-10-6-24(20(29)22-18(10)27)16-4-12(32-3)15(35-16)9-33-37(31)36-13-5-17(34-14(13)8-26)25-7-11(2)19(28)23-21(25)30;1-4-12(14)17-9-18-13(3)19(15,16)11-7-5-10(2)6-8-11/h8-9,15-20,22-23,30,32-33H,5-7,10-12H2,1-4H3,(H,26,34)(H,27,35);6-7,12-19,26-28H,4-5,8-9H2,1-3H3,(H-,22,23,29,30);5-8H,4,9H2,1-3H3/p+1/t15-,16-,17-,18-,19-,20-,22?,23?,43?;12-,13-,14-,15-,16-,17-,18?,19?;/m11./s1. The summed E-state index contributed by atoms with van der Waals surface area (Å²) in [4.78, 5) is 77.4. The van der Waals surface area contributed by atoms with E-state index in [-0.39, 0.29) is 68.1 Å². The Labute approximate surface area is 586 Å². The second-order valence-corrected chi connectivity index (χ2v) is 31.5. The highest BCUT2D eigenvalue weighted by molar-refractivity contribution is 8.55. The first kappa shape index (κ1) is 81.8. The van der Waals surface area contributed by atoms with E-state index in [1.807, 2.05) is 6.92 Å². The Hall–Kier alpha value is -5.50. The molecule has 560 valence electrons. The molecule has 0 aromatic heterocycles. The quantitative estimate of drug-likeness (QED) is 0.0249. The summed E-state index contributed by atoms with van der Waals surface area (Å²) in [6.45, 7) is 6.12. The molecule has 8 aliphatic heterocycles. The summed E-state index contributed by atoms with van der Waals surface area (Å²) in [5.74, 6) is -1.26. The number of urea groups is 4. The molecule has 0 aliphatic carbocycles. The van der Waals surface area contributed by atoms with Gasteiger partial charge in [-0.25, -0.2) is 32.2 Å². The molecule has 0 saturated carbocycles. The van der Waals surface area contributed by atoms with Crippen LogP contribution in [0.2, 0.25) is 0 Å². The Bertz CT molecular complexity index is 3350. The van der Waals surface area contributed by atoms with Gasteiger partial charge in [0.1, 0.15) is 74.1 Å². The van der Waals surface area contributed by atoms with Gasteiger partial charge in [-0.1, -0.05) is 31.5 Å². The van der Waals surface area contributed by atoms with Crippen LogP contribution in [0.5, 0.6) is 0 Å². The van der Waals surface area contributed by atoms with E-state index in [1.165, 1.54) is 65.7 Å². The number of hydrogen-bond donors (Lipinski definition) is 10. The topological polar surface area (TPSA) is 467 Å². The van der Waals surface area contributed by atoms with Crippen LogP contribution >= 0.6 is 38.4 Å². The molecule has 6 unspecified atom stereocenters. The van der Waals surface area contributed by atoms with Crippen molar-refractivity contribution in [3.05, 3.63) is 76.9 Å². The van der Waals surface area contributed by atoms with Gasteiger partial charge in [0.15, 0.2) is 30.9 Å². The van der Waals surface area contributed by atoms with E-state index in [9.17, 15) is 77.0 Å². The van der Waals surface area contributed by atoms with E-state index >= 15 is 0 Å². The Morgan fingerprint density at radius 2 is 0.970 bits per heavy atom. The lowest BCUT2D eigenvalue weighted by atomic mass is 10.1. The van der Waals surface area contributed by atoms with Crippen LogP contribution in [0.3, 0.4) is 0 Å². The normalized spacial score (nSPS) is 30.7. The maximum Gasteiger partial charge on any atom is 0.697 e. The van der Waals surface area contributed by atoms with Crippen LogP contribution in [0, 0.1) is 6.92 Å². The van der Waals surface area contributed by atoms with Crippen molar-refractivity contribution >= 4 is 84.5 Å². The number of carbonyl (C=O) groups excluding carboxylic acids is 6. The summed E-state index contributed by atoms with van der Waals surface area (Å²) in [5, 5.41) is 68.6. The first-order valence-electron chi connectivity index (χ1n) is 31.4. The molecule has 37 nitrogen and oxygen atoms in total. The third-order valence-electron chi connectivity index (χ3n) is 16.4.